The van der Waals surface area contributed by atoms with Crippen molar-refractivity contribution in [2.45, 2.75) is 38.7 Å². The van der Waals surface area contributed by atoms with Crippen LogP contribution in [0.4, 0.5) is 8.78 Å². The quantitative estimate of drug-likeness (QED) is 0.496. The van der Waals surface area contributed by atoms with E-state index in [0.29, 0.717) is 0 Å². The van der Waals surface area contributed by atoms with Crippen molar-refractivity contribution < 1.29 is 32.6 Å². The van der Waals surface area contributed by atoms with Crippen molar-refractivity contribution in [1.29, 1.82) is 0 Å². The third-order valence-corrected chi connectivity index (χ3v) is 5.20. The molecule has 35 heavy (non-hydrogen) atoms. The van der Waals surface area contributed by atoms with Gasteiger partial charge < -0.3 is 14.2 Å². The Hall–Kier alpha value is -4.20. The number of aromatic nitrogens is 5. The number of hydrogen-bond donors (Lipinski definition) is 1. The number of aromatic amines is 1. The molecule has 3 atom stereocenters. The van der Waals surface area contributed by atoms with Crippen molar-refractivity contribution in [3.8, 4) is 16.9 Å². The number of esters is 2. The molecule has 14 heteroatoms. The van der Waals surface area contributed by atoms with E-state index in [1.54, 1.807) is 0 Å². The first-order chi connectivity index (χ1) is 16.7. The Balaban J connectivity index is 1.73. The maximum Gasteiger partial charge on any atom is 0.330 e. The fourth-order valence-electron chi connectivity index (χ4n) is 3.71. The van der Waals surface area contributed by atoms with Crippen molar-refractivity contribution in [2.75, 3.05) is 6.61 Å². The number of carbonyl (C=O) groups excluding carboxylic acids is 2. The molecule has 0 aliphatic carbocycles. The molecule has 0 radical (unpaired) electrons. The smallest absolute Gasteiger partial charge is 0.330 e. The van der Waals surface area contributed by atoms with Crippen molar-refractivity contribution in [3.63, 3.8) is 0 Å². The molecule has 0 saturated carbocycles. The normalized spacial score (nSPS) is 19.5. The number of carbonyl (C=O) groups is 2. The number of rotatable bonds is 6. The first kappa shape index (κ1) is 23.9. The lowest BCUT2D eigenvalue weighted by Gasteiger charge is -2.17. The highest BCUT2D eigenvalue weighted by Gasteiger charge is 2.40. The summed E-state index contributed by atoms with van der Waals surface area (Å²) < 4.78 is 46.5. The van der Waals surface area contributed by atoms with Gasteiger partial charge in [-0.15, -0.1) is 5.10 Å². The van der Waals surface area contributed by atoms with Crippen LogP contribution in [0, 0.1) is 11.6 Å². The average molecular weight is 491 g/mol. The molecule has 1 N–H and O–H groups in total. The molecule has 0 spiro atoms. The third kappa shape index (κ3) is 4.87. The largest absolute Gasteiger partial charge is 0.463 e. The number of hydrogen-bond acceptors (Lipinski definition) is 9. The lowest BCUT2D eigenvalue weighted by atomic mass is 10.2. The Morgan fingerprint density at radius 1 is 1.20 bits per heavy atom. The summed E-state index contributed by atoms with van der Waals surface area (Å²) in [5.74, 6) is -3.08. The molecule has 1 saturated heterocycles. The van der Waals surface area contributed by atoms with Gasteiger partial charge in [0, 0.05) is 26.5 Å². The molecule has 1 aliphatic rings. The molecule has 4 rings (SSSR count). The highest BCUT2D eigenvalue weighted by molar-refractivity contribution is 5.66. The first-order valence-corrected chi connectivity index (χ1v) is 10.3. The lowest BCUT2D eigenvalue weighted by Crippen LogP contribution is -2.33. The number of nitrogens with zero attached hydrogens (tertiary/aromatic N) is 4. The Morgan fingerprint density at radius 3 is 2.57 bits per heavy atom. The zero-order valence-corrected chi connectivity index (χ0v) is 18.4. The Kier molecular flexibility index (Phi) is 6.55. The maximum atomic E-state index is 14.4. The van der Waals surface area contributed by atoms with E-state index in [9.17, 15) is 28.0 Å². The molecule has 0 unspecified atom stereocenters. The minimum absolute atomic E-state index is 0.00362. The monoisotopic (exact) mass is 491 g/mol. The van der Waals surface area contributed by atoms with Gasteiger partial charge in [-0.2, -0.15) is 0 Å². The van der Waals surface area contributed by atoms with E-state index in [0.717, 1.165) is 33.8 Å². The molecular formula is C21H19F2N5O7. The van der Waals surface area contributed by atoms with E-state index in [1.807, 2.05) is 0 Å². The summed E-state index contributed by atoms with van der Waals surface area (Å²) >= 11 is 0. The molecule has 1 aliphatic heterocycles. The van der Waals surface area contributed by atoms with Gasteiger partial charge in [0.1, 0.15) is 36.4 Å². The SMILES string of the molecule is CC(=O)OC[C@H]1O[C@@H](n2cc(-c3cnnn3-c3c(F)cccc3F)c(=O)[nH]c2=O)C[C@@H]1OC(C)=O. The van der Waals surface area contributed by atoms with Crippen LogP contribution in [-0.2, 0) is 23.8 Å². The predicted molar refractivity (Wildman–Crippen MR) is 112 cm³/mol. The molecule has 12 nitrogen and oxygen atoms in total. The molecule has 3 aromatic rings. The van der Waals surface area contributed by atoms with Gasteiger partial charge >= 0.3 is 17.6 Å². The summed E-state index contributed by atoms with van der Waals surface area (Å²) in [7, 11) is 0. The van der Waals surface area contributed by atoms with Gasteiger partial charge in [0.15, 0.2) is 11.6 Å². The summed E-state index contributed by atoms with van der Waals surface area (Å²) in [4.78, 5) is 50.0. The van der Waals surface area contributed by atoms with Gasteiger partial charge in [0.2, 0.25) is 0 Å². The van der Waals surface area contributed by atoms with Crippen molar-refractivity contribution in [1.82, 2.24) is 24.5 Å². The number of nitrogens with one attached hydrogen (secondary N) is 1. The summed E-state index contributed by atoms with van der Waals surface area (Å²) in [6.45, 7) is 2.15. The zero-order valence-electron chi connectivity index (χ0n) is 18.4. The van der Waals surface area contributed by atoms with Crippen LogP contribution in [0.3, 0.4) is 0 Å². The molecule has 3 heterocycles. The predicted octanol–water partition coefficient (Wildman–Crippen LogP) is 0.845. The summed E-state index contributed by atoms with van der Waals surface area (Å²) in [6, 6.07) is 3.20. The number of benzene rings is 1. The van der Waals surface area contributed by atoms with Crippen molar-refractivity contribution >= 4 is 11.9 Å². The number of halogens is 2. The van der Waals surface area contributed by atoms with Crippen molar-refractivity contribution in [3.05, 3.63) is 63.1 Å². The van der Waals surface area contributed by atoms with Crippen molar-refractivity contribution in [2.24, 2.45) is 0 Å². The number of ether oxygens (including phenoxy) is 3. The number of para-hydroxylation sites is 1. The first-order valence-electron chi connectivity index (χ1n) is 10.3. The van der Waals surface area contributed by atoms with Crippen LogP contribution in [0.25, 0.3) is 16.9 Å². The number of H-pyrrole nitrogens is 1. The summed E-state index contributed by atoms with van der Waals surface area (Å²) in [5, 5.41) is 7.33. The van der Waals surface area contributed by atoms with Gasteiger partial charge in [0.25, 0.3) is 5.56 Å². The molecule has 1 fully saturated rings. The molecule has 2 aromatic heterocycles. The molecule has 184 valence electrons. The standard InChI is InChI=1S/C21H19F2N5O7/c1-10(29)33-9-17-16(34-11(2)30)6-18(35-17)27-8-12(20(31)25-21(27)32)15-7-24-26-28(15)19-13(22)4-3-5-14(19)23/h3-5,7-8,16-18H,6,9H2,1-2H3,(H,25,31,32)/t16-,17+,18+/m0/s1. The van der Waals surface area contributed by atoms with Crippen LogP contribution < -0.4 is 11.2 Å². The van der Waals surface area contributed by atoms with Gasteiger partial charge in [-0.3, -0.25) is 23.9 Å². The molecule has 0 amide bonds. The molecular weight excluding hydrogens is 472 g/mol. The van der Waals surface area contributed by atoms with E-state index in [4.69, 9.17) is 14.2 Å². The van der Waals surface area contributed by atoms with E-state index in [-0.39, 0.29) is 24.3 Å². The summed E-state index contributed by atoms with van der Waals surface area (Å²) in [5.41, 5.74) is -2.57. The highest BCUT2D eigenvalue weighted by Crippen LogP contribution is 2.31. The zero-order chi connectivity index (χ0) is 25.3. The minimum Gasteiger partial charge on any atom is -0.463 e. The second kappa shape index (κ2) is 9.58. The van der Waals surface area contributed by atoms with E-state index in [2.05, 4.69) is 15.3 Å². The second-order valence-electron chi connectivity index (χ2n) is 7.63. The topological polar surface area (TPSA) is 147 Å². The molecule has 0 bridgehead atoms. The van der Waals surface area contributed by atoms with Gasteiger partial charge in [-0.05, 0) is 12.1 Å². The van der Waals surface area contributed by atoms with Gasteiger partial charge in [-0.1, -0.05) is 11.3 Å². The van der Waals surface area contributed by atoms with Crippen LogP contribution >= 0.6 is 0 Å². The molecule has 1 aromatic carbocycles. The highest BCUT2D eigenvalue weighted by atomic mass is 19.1. The summed E-state index contributed by atoms with van der Waals surface area (Å²) in [6.07, 6.45) is -0.535. The Morgan fingerprint density at radius 2 is 1.91 bits per heavy atom. The van der Waals surface area contributed by atoms with Crippen LogP contribution in [0.1, 0.15) is 26.5 Å². The fourth-order valence-corrected chi connectivity index (χ4v) is 3.71. The third-order valence-electron chi connectivity index (χ3n) is 5.20. The maximum absolute atomic E-state index is 14.4. The van der Waals surface area contributed by atoms with Gasteiger partial charge in [-0.25, -0.2) is 18.3 Å². The Labute approximate surface area is 195 Å². The second-order valence-corrected chi connectivity index (χ2v) is 7.63. The van der Waals surface area contributed by atoms with E-state index in [1.165, 1.54) is 19.9 Å². The van der Waals surface area contributed by atoms with Gasteiger partial charge in [0.05, 0.1) is 11.8 Å². The Bertz CT molecular complexity index is 1380. The lowest BCUT2D eigenvalue weighted by molar-refractivity contribution is -0.155. The van der Waals surface area contributed by atoms with E-state index < -0.39 is 58.9 Å². The van der Waals surface area contributed by atoms with Crippen LogP contribution in [0.2, 0.25) is 0 Å². The average Bonchev–Trinajstić information content (AvgIpc) is 3.39. The fraction of sp³-hybridized carbons (Fsp3) is 0.333. The van der Waals surface area contributed by atoms with Crippen LogP contribution in [-0.4, -0.2) is 55.3 Å². The van der Waals surface area contributed by atoms with Crippen LogP contribution in [0.5, 0.6) is 0 Å². The van der Waals surface area contributed by atoms with Crippen LogP contribution in [0.15, 0.2) is 40.2 Å². The van der Waals surface area contributed by atoms with E-state index >= 15 is 0 Å². The minimum atomic E-state index is -1.03.